The first-order valence-electron chi connectivity index (χ1n) is 7.42. The van der Waals surface area contributed by atoms with Crippen molar-refractivity contribution in [2.24, 2.45) is 11.3 Å². The highest BCUT2D eigenvalue weighted by molar-refractivity contribution is 5.17. The third kappa shape index (κ3) is 4.76. The van der Waals surface area contributed by atoms with Crippen molar-refractivity contribution >= 4 is 6.01 Å². The zero-order valence-corrected chi connectivity index (χ0v) is 12.7. The highest BCUT2D eigenvalue weighted by Crippen LogP contribution is 2.29. The van der Waals surface area contributed by atoms with E-state index >= 15 is 0 Å². The quantitative estimate of drug-likeness (QED) is 0.797. The van der Waals surface area contributed by atoms with Crippen molar-refractivity contribution in [3.63, 3.8) is 0 Å². The number of nitrogens with zero attached hydrogens (tertiary/aromatic N) is 2. The number of hydrogen-bond donors (Lipinski definition) is 2. The topological polar surface area (TPSA) is 72.2 Å². The summed E-state index contributed by atoms with van der Waals surface area (Å²) in [5, 5.41) is 14.6. The van der Waals surface area contributed by atoms with Crippen LogP contribution in [-0.2, 0) is 11.3 Å². The molecule has 0 unspecified atom stereocenters. The number of rotatable bonds is 7. The lowest BCUT2D eigenvalue weighted by Crippen LogP contribution is -2.33. The van der Waals surface area contributed by atoms with E-state index in [1.807, 2.05) is 0 Å². The Kier molecular flexibility index (Phi) is 5.37. The summed E-state index contributed by atoms with van der Waals surface area (Å²) in [5.74, 6) is 1.24. The van der Waals surface area contributed by atoms with Gasteiger partial charge in [-0.3, -0.25) is 0 Å². The fourth-order valence-electron chi connectivity index (χ4n) is 2.19. The highest BCUT2D eigenvalue weighted by atomic mass is 16.5. The lowest BCUT2D eigenvalue weighted by molar-refractivity contribution is 0.0298. The predicted molar refractivity (Wildman–Crippen MR) is 77.5 cm³/mol. The monoisotopic (exact) mass is 282 g/mol. The molecule has 2 rings (SSSR count). The van der Waals surface area contributed by atoms with Gasteiger partial charge in [-0.05, 0) is 30.7 Å². The van der Waals surface area contributed by atoms with Gasteiger partial charge in [0.25, 0.3) is 0 Å². The number of anilines is 1. The number of ether oxygens (including phenoxy) is 1. The molecule has 0 spiro atoms. The molecule has 6 nitrogen and oxygen atoms in total. The van der Waals surface area contributed by atoms with E-state index in [2.05, 4.69) is 41.6 Å². The molecular formula is C14H26N4O2. The summed E-state index contributed by atoms with van der Waals surface area (Å²) >= 11 is 0. The molecule has 0 aromatic carbocycles. The Labute approximate surface area is 120 Å². The Balaban J connectivity index is 1.74. The maximum absolute atomic E-state index is 5.57. The second kappa shape index (κ2) is 7.04. The molecule has 0 bridgehead atoms. The van der Waals surface area contributed by atoms with Crippen LogP contribution in [0.3, 0.4) is 0 Å². The molecule has 1 aromatic heterocycles. The van der Waals surface area contributed by atoms with Crippen molar-refractivity contribution in [3.05, 3.63) is 5.89 Å². The second-order valence-electron chi connectivity index (χ2n) is 6.30. The minimum atomic E-state index is 0.253. The smallest absolute Gasteiger partial charge is 0.315 e. The fraction of sp³-hybridized carbons (Fsp3) is 0.857. The maximum Gasteiger partial charge on any atom is 0.315 e. The molecule has 6 heteroatoms. The van der Waals surface area contributed by atoms with Gasteiger partial charge in [0.2, 0.25) is 5.89 Å². The van der Waals surface area contributed by atoms with E-state index in [0.29, 0.717) is 24.4 Å². The van der Waals surface area contributed by atoms with Crippen LogP contribution >= 0.6 is 0 Å². The van der Waals surface area contributed by atoms with Crippen LogP contribution in [0.4, 0.5) is 6.01 Å². The SMILES string of the molecule is CC(C)CNCc1nnc(NCC2(C)CCOCC2)o1. The summed E-state index contributed by atoms with van der Waals surface area (Å²) in [4.78, 5) is 0. The van der Waals surface area contributed by atoms with Gasteiger partial charge >= 0.3 is 6.01 Å². The van der Waals surface area contributed by atoms with Crippen molar-refractivity contribution < 1.29 is 9.15 Å². The predicted octanol–water partition coefficient (Wildman–Crippen LogP) is 2.04. The molecular weight excluding hydrogens is 256 g/mol. The summed E-state index contributed by atoms with van der Waals surface area (Å²) < 4.78 is 11.0. The van der Waals surface area contributed by atoms with Gasteiger partial charge in [0.05, 0.1) is 6.54 Å². The number of hydrogen-bond acceptors (Lipinski definition) is 6. The van der Waals surface area contributed by atoms with Crippen LogP contribution in [0, 0.1) is 11.3 Å². The summed E-state index contributed by atoms with van der Waals surface area (Å²) in [7, 11) is 0. The van der Waals surface area contributed by atoms with Crippen molar-refractivity contribution in [1.29, 1.82) is 0 Å². The van der Waals surface area contributed by atoms with Gasteiger partial charge in [-0.25, -0.2) is 0 Å². The van der Waals surface area contributed by atoms with E-state index in [9.17, 15) is 0 Å². The average molecular weight is 282 g/mol. The summed E-state index contributed by atoms with van der Waals surface area (Å²) in [6, 6.07) is 0.513. The standard InChI is InChI=1S/C14H26N4O2/c1-11(2)8-15-9-12-17-18-13(20-12)16-10-14(3)4-6-19-7-5-14/h11,15H,4-10H2,1-3H3,(H,16,18). The molecule has 20 heavy (non-hydrogen) atoms. The van der Waals surface area contributed by atoms with Crippen molar-refractivity contribution in [2.75, 3.05) is 31.6 Å². The van der Waals surface area contributed by atoms with E-state index < -0.39 is 0 Å². The fourth-order valence-corrected chi connectivity index (χ4v) is 2.19. The van der Waals surface area contributed by atoms with Crippen LogP contribution in [-0.4, -0.2) is 36.5 Å². The molecule has 114 valence electrons. The summed E-state index contributed by atoms with van der Waals surface area (Å²) in [5.41, 5.74) is 0.253. The molecule has 1 aromatic rings. The summed E-state index contributed by atoms with van der Waals surface area (Å²) in [6.07, 6.45) is 2.13. The second-order valence-corrected chi connectivity index (χ2v) is 6.30. The Morgan fingerprint density at radius 2 is 2.00 bits per heavy atom. The highest BCUT2D eigenvalue weighted by Gasteiger charge is 2.27. The molecule has 0 amide bonds. The van der Waals surface area contributed by atoms with E-state index in [1.54, 1.807) is 0 Å². The van der Waals surface area contributed by atoms with E-state index in [0.717, 1.165) is 39.1 Å². The van der Waals surface area contributed by atoms with Crippen LogP contribution < -0.4 is 10.6 Å². The molecule has 2 heterocycles. The van der Waals surface area contributed by atoms with Crippen molar-refractivity contribution in [2.45, 2.75) is 40.2 Å². The lowest BCUT2D eigenvalue weighted by atomic mass is 9.82. The van der Waals surface area contributed by atoms with Crippen LogP contribution in [0.1, 0.15) is 39.5 Å². The van der Waals surface area contributed by atoms with Gasteiger partial charge in [0.1, 0.15) is 0 Å². The molecule has 0 atom stereocenters. The van der Waals surface area contributed by atoms with Gasteiger partial charge in [-0.15, -0.1) is 5.10 Å². The van der Waals surface area contributed by atoms with Crippen molar-refractivity contribution in [1.82, 2.24) is 15.5 Å². The largest absolute Gasteiger partial charge is 0.407 e. The van der Waals surface area contributed by atoms with Gasteiger partial charge < -0.3 is 19.8 Å². The average Bonchev–Trinajstić information content (AvgIpc) is 2.85. The van der Waals surface area contributed by atoms with Crippen LogP contribution in [0.5, 0.6) is 0 Å². The van der Waals surface area contributed by atoms with Crippen LogP contribution in [0.25, 0.3) is 0 Å². The molecule has 1 saturated heterocycles. The van der Waals surface area contributed by atoms with E-state index in [-0.39, 0.29) is 5.41 Å². The maximum atomic E-state index is 5.57. The Morgan fingerprint density at radius 3 is 2.70 bits per heavy atom. The first-order chi connectivity index (χ1) is 9.57. The Morgan fingerprint density at radius 1 is 1.25 bits per heavy atom. The first kappa shape index (κ1) is 15.3. The van der Waals surface area contributed by atoms with Crippen LogP contribution in [0.2, 0.25) is 0 Å². The van der Waals surface area contributed by atoms with Gasteiger partial charge in [0.15, 0.2) is 0 Å². The van der Waals surface area contributed by atoms with Gasteiger partial charge in [0, 0.05) is 19.8 Å². The zero-order valence-electron chi connectivity index (χ0n) is 12.7. The van der Waals surface area contributed by atoms with Gasteiger partial charge in [-0.2, -0.15) is 0 Å². The third-order valence-electron chi connectivity index (χ3n) is 3.66. The third-order valence-corrected chi connectivity index (χ3v) is 3.66. The number of nitrogens with one attached hydrogen (secondary N) is 2. The molecule has 1 aliphatic heterocycles. The molecule has 0 radical (unpaired) electrons. The number of aromatic nitrogens is 2. The van der Waals surface area contributed by atoms with E-state index in [4.69, 9.17) is 9.15 Å². The van der Waals surface area contributed by atoms with Crippen molar-refractivity contribution in [3.8, 4) is 0 Å². The van der Waals surface area contributed by atoms with Crippen LogP contribution in [0.15, 0.2) is 4.42 Å². The Bertz CT molecular complexity index is 400. The molecule has 2 N–H and O–H groups in total. The molecule has 1 fully saturated rings. The zero-order chi connectivity index (χ0) is 14.4. The molecule has 1 aliphatic rings. The normalized spacial score (nSPS) is 18.4. The van der Waals surface area contributed by atoms with E-state index in [1.165, 1.54) is 0 Å². The first-order valence-corrected chi connectivity index (χ1v) is 7.42. The lowest BCUT2D eigenvalue weighted by Gasteiger charge is -2.33. The minimum Gasteiger partial charge on any atom is -0.407 e. The van der Waals surface area contributed by atoms with Gasteiger partial charge in [-0.1, -0.05) is 25.9 Å². The minimum absolute atomic E-state index is 0.253. The molecule has 0 aliphatic carbocycles. The Hall–Kier alpha value is -1.14. The summed E-state index contributed by atoms with van der Waals surface area (Å²) in [6.45, 7) is 10.7. The molecule has 0 saturated carbocycles.